The molecule has 2 fully saturated rings. The molecule has 0 unspecified atom stereocenters. The summed E-state index contributed by atoms with van der Waals surface area (Å²) in [6.07, 6.45) is 4.19. The average molecular weight is 441 g/mol. The van der Waals surface area contributed by atoms with Gasteiger partial charge in [0.15, 0.2) is 0 Å². The zero-order chi connectivity index (χ0) is 21.0. The predicted octanol–water partition coefficient (Wildman–Crippen LogP) is 4.64. The third-order valence-corrected chi connectivity index (χ3v) is 7.31. The van der Waals surface area contributed by atoms with Gasteiger partial charge in [0.25, 0.3) is 0 Å². The Morgan fingerprint density at radius 2 is 1.94 bits per heavy atom. The van der Waals surface area contributed by atoms with Crippen molar-refractivity contribution in [2.24, 2.45) is 5.92 Å². The van der Waals surface area contributed by atoms with Gasteiger partial charge in [0, 0.05) is 61.9 Å². The van der Waals surface area contributed by atoms with Gasteiger partial charge in [-0.25, -0.2) is 14.4 Å². The molecule has 2 aromatic heterocycles. The number of halogens is 1. The van der Waals surface area contributed by atoms with Gasteiger partial charge in [0.2, 0.25) is 5.95 Å². The monoisotopic (exact) mass is 440 g/mol. The molecule has 0 N–H and O–H groups in total. The first-order valence-corrected chi connectivity index (χ1v) is 12.1. The number of hydrogen-bond acceptors (Lipinski definition) is 6. The number of rotatable bonds is 7. The quantitative estimate of drug-likeness (QED) is 0.501. The van der Waals surface area contributed by atoms with Crippen molar-refractivity contribution in [3.8, 4) is 11.1 Å². The second-order valence-corrected chi connectivity index (χ2v) is 9.45. The molecule has 0 amide bonds. The lowest BCUT2D eigenvalue weighted by Crippen LogP contribution is -2.36. The molecule has 0 bridgehead atoms. The number of fused-ring (bicyclic) bond motifs is 1. The van der Waals surface area contributed by atoms with Crippen molar-refractivity contribution in [3.63, 3.8) is 0 Å². The highest BCUT2D eigenvalue weighted by Crippen LogP contribution is 2.33. The summed E-state index contributed by atoms with van der Waals surface area (Å²) in [5.74, 6) is 1.42. The van der Waals surface area contributed by atoms with Crippen LogP contribution in [0.25, 0.3) is 21.3 Å². The molecular formula is C24H29FN4OS. The van der Waals surface area contributed by atoms with Crippen molar-refractivity contribution in [1.29, 1.82) is 0 Å². The van der Waals surface area contributed by atoms with Crippen LogP contribution in [0.4, 0.5) is 10.3 Å². The molecule has 1 aromatic carbocycles. The normalized spacial score (nSPS) is 20.7. The van der Waals surface area contributed by atoms with E-state index in [1.165, 1.54) is 11.1 Å². The lowest BCUT2D eigenvalue weighted by atomic mass is 9.98. The average Bonchev–Trinajstić information content (AvgIpc) is 3.43. The van der Waals surface area contributed by atoms with E-state index >= 15 is 0 Å². The smallest absolute Gasteiger partial charge is 0.226 e. The van der Waals surface area contributed by atoms with E-state index in [-0.39, 0.29) is 0 Å². The van der Waals surface area contributed by atoms with E-state index in [9.17, 15) is 4.39 Å². The Kier molecular flexibility index (Phi) is 6.43. The van der Waals surface area contributed by atoms with Crippen molar-refractivity contribution < 1.29 is 9.13 Å². The van der Waals surface area contributed by atoms with Gasteiger partial charge >= 0.3 is 0 Å². The van der Waals surface area contributed by atoms with Crippen LogP contribution in [0.2, 0.25) is 0 Å². The maximum atomic E-state index is 13.2. The lowest BCUT2D eigenvalue weighted by molar-refractivity contribution is 0.0741. The summed E-state index contributed by atoms with van der Waals surface area (Å²) >= 11 is 1.69. The molecular weight excluding hydrogens is 411 g/mol. The van der Waals surface area contributed by atoms with Gasteiger partial charge in [-0.05, 0) is 30.7 Å². The fourth-order valence-corrected chi connectivity index (χ4v) is 5.45. The highest BCUT2D eigenvalue weighted by atomic mass is 32.1. The van der Waals surface area contributed by atoms with E-state index in [1.54, 1.807) is 11.3 Å². The molecule has 5 nitrogen and oxygen atoms in total. The number of piperidine rings is 1. The van der Waals surface area contributed by atoms with Crippen LogP contribution in [0.5, 0.6) is 0 Å². The lowest BCUT2D eigenvalue weighted by Gasteiger charge is -2.31. The largest absolute Gasteiger partial charge is 0.380 e. The highest BCUT2D eigenvalue weighted by Gasteiger charge is 2.23. The second kappa shape index (κ2) is 9.59. The standard InChI is InChI=1S/C24H29FN4OS/c25-20-8-9-28(15-20)12-13-30-16-18-6-10-29(11-7-18)24-26-14-21-22(17-31-23(21)27-24)19-4-2-1-3-5-19/h1-5,14,17-18,20H,6-13,15-16H2/t20-/m1/s1. The molecule has 4 heterocycles. The topological polar surface area (TPSA) is 41.5 Å². The first-order chi connectivity index (χ1) is 15.3. The Bertz CT molecular complexity index is 990. The van der Waals surface area contributed by atoms with Crippen LogP contribution in [0.3, 0.4) is 0 Å². The fraction of sp³-hybridized carbons (Fsp3) is 0.500. The van der Waals surface area contributed by atoms with Crippen molar-refractivity contribution in [2.75, 3.05) is 50.8 Å². The van der Waals surface area contributed by atoms with E-state index in [0.717, 1.165) is 61.8 Å². The number of hydrogen-bond donors (Lipinski definition) is 0. The number of aromatic nitrogens is 2. The van der Waals surface area contributed by atoms with Crippen LogP contribution in [0.15, 0.2) is 41.9 Å². The number of benzene rings is 1. The third kappa shape index (κ3) is 4.89. The molecule has 2 saturated heterocycles. The summed E-state index contributed by atoms with van der Waals surface area (Å²) in [7, 11) is 0. The molecule has 0 aliphatic carbocycles. The molecule has 0 saturated carbocycles. The van der Waals surface area contributed by atoms with E-state index < -0.39 is 6.17 Å². The Balaban J connectivity index is 1.12. The zero-order valence-corrected chi connectivity index (χ0v) is 18.6. The molecule has 2 aliphatic rings. The van der Waals surface area contributed by atoms with Crippen LogP contribution in [0.1, 0.15) is 19.3 Å². The molecule has 5 rings (SSSR count). The van der Waals surface area contributed by atoms with E-state index in [0.29, 0.717) is 25.5 Å². The summed E-state index contributed by atoms with van der Waals surface area (Å²) in [5.41, 5.74) is 2.42. The Morgan fingerprint density at radius 3 is 2.71 bits per heavy atom. The number of anilines is 1. The molecule has 7 heteroatoms. The minimum atomic E-state index is -0.648. The Hall–Kier alpha value is -2.09. The van der Waals surface area contributed by atoms with Crippen molar-refractivity contribution in [1.82, 2.24) is 14.9 Å². The van der Waals surface area contributed by atoms with Crippen LogP contribution in [-0.4, -0.2) is 67.0 Å². The van der Waals surface area contributed by atoms with Gasteiger partial charge in [-0.3, -0.25) is 4.90 Å². The molecule has 3 aromatic rings. The molecule has 31 heavy (non-hydrogen) atoms. The number of alkyl halides is 1. The summed E-state index contributed by atoms with van der Waals surface area (Å²) in [5, 5.41) is 3.30. The highest BCUT2D eigenvalue weighted by molar-refractivity contribution is 7.17. The molecule has 0 spiro atoms. The first kappa shape index (κ1) is 20.8. The summed E-state index contributed by atoms with van der Waals surface area (Å²) in [4.78, 5) is 15.1. The summed E-state index contributed by atoms with van der Waals surface area (Å²) in [6, 6.07) is 10.4. The first-order valence-electron chi connectivity index (χ1n) is 11.2. The van der Waals surface area contributed by atoms with Gasteiger partial charge < -0.3 is 9.64 Å². The Morgan fingerprint density at radius 1 is 1.10 bits per heavy atom. The molecule has 164 valence electrons. The maximum absolute atomic E-state index is 13.2. The number of thiophene rings is 1. The van der Waals surface area contributed by atoms with Crippen molar-refractivity contribution >= 4 is 27.5 Å². The SMILES string of the molecule is F[C@@H]1CCN(CCOCC2CCN(c3ncc4c(-c5ccccc5)csc4n3)CC2)C1. The minimum absolute atomic E-state index is 0.573. The van der Waals surface area contributed by atoms with Crippen LogP contribution >= 0.6 is 11.3 Å². The van der Waals surface area contributed by atoms with Crippen LogP contribution in [-0.2, 0) is 4.74 Å². The van der Waals surface area contributed by atoms with Gasteiger partial charge in [0.05, 0.1) is 6.61 Å². The molecule has 1 atom stereocenters. The maximum Gasteiger partial charge on any atom is 0.226 e. The van der Waals surface area contributed by atoms with Crippen LogP contribution in [0, 0.1) is 5.92 Å². The number of likely N-dealkylation sites (tertiary alicyclic amines) is 1. The van der Waals surface area contributed by atoms with Gasteiger partial charge in [-0.1, -0.05) is 30.3 Å². The van der Waals surface area contributed by atoms with E-state index in [1.807, 2.05) is 12.3 Å². The third-order valence-electron chi connectivity index (χ3n) is 6.42. The van der Waals surface area contributed by atoms with Crippen molar-refractivity contribution in [3.05, 3.63) is 41.9 Å². The molecule has 2 aliphatic heterocycles. The van der Waals surface area contributed by atoms with Gasteiger partial charge in [-0.2, -0.15) is 0 Å². The predicted molar refractivity (Wildman–Crippen MR) is 125 cm³/mol. The minimum Gasteiger partial charge on any atom is -0.380 e. The Labute approximate surface area is 186 Å². The van der Waals surface area contributed by atoms with Gasteiger partial charge in [0.1, 0.15) is 11.0 Å². The zero-order valence-electron chi connectivity index (χ0n) is 17.8. The summed E-state index contributed by atoms with van der Waals surface area (Å²) in [6.45, 7) is 5.71. The van der Waals surface area contributed by atoms with Crippen LogP contribution < -0.4 is 4.90 Å². The second-order valence-electron chi connectivity index (χ2n) is 8.60. The number of ether oxygens (including phenoxy) is 1. The summed E-state index contributed by atoms with van der Waals surface area (Å²) < 4.78 is 19.1. The fourth-order valence-electron chi connectivity index (χ4n) is 4.54. The van der Waals surface area contributed by atoms with Gasteiger partial charge in [-0.15, -0.1) is 11.3 Å². The van der Waals surface area contributed by atoms with E-state index in [4.69, 9.17) is 14.7 Å². The van der Waals surface area contributed by atoms with Crippen molar-refractivity contribution in [2.45, 2.75) is 25.4 Å². The van der Waals surface area contributed by atoms with E-state index in [2.05, 4.69) is 39.4 Å². The number of nitrogens with zero attached hydrogens (tertiary/aromatic N) is 4. The molecule has 0 radical (unpaired) electrons.